The number of hydrogen-bond acceptors (Lipinski definition) is 5. The van der Waals surface area contributed by atoms with Crippen molar-refractivity contribution in [2.75, 3.05) is 11.5 Å². The summed E-state index contributed by atoms with van der Waals surface area (Å²) in [6, 6.07) is 0. The number of unbranched alkanes of at least 4 members (excludes halogenated alkanes) is 2. The van der Waals surface area contributed by atoms with Crippen LogP contribution in [0.25, 0.3) is 0 Å². The van der Waals surface area contributed by atoms with Crippen LogP contribution in [-0.2, 0) is 4.79 Å². The fraction of sp³-hybridized carbons (Fsp3) is 0.857. The topological polar surface area (TPSA) is 77.8 Å². The average molecular weight is 417 g/mol. The summed E-state index contributed by atoms with van der Waals surface area (Å²) < 4.78 is 0.113. The molecule has 1 aliphatic heterocycles. The second-order valence-electron chi connectivity index (χ2n) is 7.29. The van der Waals surface area contributed by atoms with Gasteiger partial charge in [-0.2, -0.15) is 0 Å². The normalized spacial score (nSPS) is 18.3. The molecule has 0 amide bonds. The summed E-state index contributed by atoms with van der Waals surface area (Å²) in [6.45, 7) is 2.18. The molecule has 0 bridgehead atoms. The van der Waals surface area contributed by atoms with Gasteiger partial charge in [0.2, 0.25) is 0 Å². The van der Waals surface area contributed by atoms with E-state index in [4.69, 9.17) is 5.11 Å². The van der Waals surface area contributed by atoms with E-state index in [0.29, 0.717) is 19.3 Å². The molecule has 1 rings (SSSR count). The lowest BCUT2D eigenvalue weighted by atomic mass is 10.0. The van der Waals surface area contributed by atoms with Gasteiger partial charge in [0.1, 0.15) is 0 Å². The molecule has 2 unspecified atom stereocenters. The Balaban J connectivity index is 2.38. The van der Waals surface area contributed by atoms with Gasteiger partial charge in [-0.15, -0.1) is 35.4 Å². The van der Waals surface area contributed by atoms with Crippen molar-refractivity contribution < 1.29 is 20.1 Å². The Labute approximate surface area is 173 Å². The van der Waals surface area contributed by atoms with Gasteiger partial charge in [0.25, 0.3) is 0 Å². The van der Waals surface area contributed by atoms with E-state index in [-0.39, 0.29) is 16.6 Å². The van der Waals surface area contributed by atoms with Crippen LogP contribution in [0.1, 0.15) is 84.0 Å². The molecule has 3 N–H and O–H groups in total. The van der Waals surface area contributed by atoms with E-state index in [9.17, 15) is 15.0 Å². The second-order valence-corrected chi connectivity index (χ2v) is 10.5. The quantitative estimate of drug-likeness (QED) is 0.299. The number of thioether (sulfide) groups is 2. The standard InChI is InChI=1S/C21H36O4S2/c1-2-3-5-9-18(22)12-14-21(26-16-8-17-27-21)15-13-19(23)10-6-4-7-11-20(24)25/h18-19,22-23H,2-3,5,7-17H2,1H3,(H,24,25). The van der Waals surface area contributed by atoms with E-state index < -0.39 is 12.1 Å². The number of carboxylic acid groups (broad SMARTS) is 1. The lowest BCUT2D eigenvalue weighted by Gasteiger charge is -2.37. The maximum atomic E-state index is 10.5. The Morgan fingerprint density at radius 1 is 1.04 bits per heavy atom. The molecule has 0 aliphatic carbocycles. The lowest BCUT2D eigenvalue weighted by molar-refractivity contribution is -0.136. The van der Waals surface area contributed by atoms with E-state index in [1.54, 1.807) is 0 Å². The molecular formula is C21H36O4S2. The number of carbonyl (C=O) groups is 1. The average Bonchev–Trinajstić information content (AvgIpc) is 2.65. The Kier molecular flexibility index (Phi) is 13.4. The van der Waals surface area contributed by atoms with Crippen LogP contribution in [0, 0.1) is 11.8 Å². The summed E-state index contributed by atoms with van der Waals surface area (Å²) in [5.74, 6) is 7.20. The number of aliphatic hydroxyl groups excluding tert-OH is 2. The molecule has 2 atom stereocenters. The molecule has 1 heterocycles. The fourth-order valence-electron chi connectivity index (χ4n) is 3.13. The van der Waals surface area contributed by atoms with Crippen LogP contribution < -0.4 is 0 Å². The fourth-order valence-corrected chi connectivity index (χ4v) is 6.51. The predicted molar refractivity (Wildman–Crippen MR) is 116 cm³/mol. The second kappa shape index (κ2) is 14.6. The summed E-state index contributed by atoms with van der Waals surface area (Å²) in [4.78, 5) is 10.5. The first kappa shape index (κ1) is 24.7. The Hall–Kier alpha value is -0.350. The van der Waals surface area contributed by atoms with Gasteiger partial charge in [-0.1, -0.05) is 26.2 Å². The smallest absolute Gasteiger partial charge is 0.304 e. The largest absolute Gasteiger partial charge is 0.481 e. The molecule has 0 radical (unpaired) electrons. The van der Waals surface area contributed by atoms with Crippen molar-refractivity contribution >= 4 is 29.5 Å². The van der Waals surface area contributed by atoms with Gasteiger partial charge in [-0.05, 0) is 50.0 Å². The van der Waals surface area contributed by atoms with E-state index in [2.05, 4.69) is 18.8 Å². The van der Waals surface area contributed by atoms with Crippen LogP contribution in [0.5, 0.6) is 0 Å². The molecular weight excluding hydrogens is 380 g/mol. The van der Waals surface area contributed by atoms with Gasteiger partial charge in [-0.3, -0.25) is 4.79 Å². The minimum Gasteiger partial charge on any atom is -0.481 e. The molecule has 1 saturated heterocycles. The van der Waals surface area contributed by atoms with E-state index in [1.165, 1.54) is 19.3 Å². The lowest BCUT2D eigenvalue weighted by Crippen LogP contribution is -2.28. The maximum absolute atomic E-state index is 10.5. The first-order chi connectivity index (χ1) is 13.0. The van der Waals surface area contributed by atoms with Crippen LogP contribution in [0.4, 0.5) is 0 Å². The minimum atomic E-state index is -0.838. The Morgan fingerprint density at radius 3 is 2.33 bits per heavy atom. The van der Waals surface area contributed by atoms with Crippen molar-refractivity contribution in [3.05, 3.63) is 0 Å². The minimum absolute atomic E-state index is 0.0556. The zero-order chi connectivity index (χ0) is 20.0. The summed E-state index contributed by atoms with van der Waals surface area (Å²) in [6.07, 6.45) is 9.20. The van der Waals surface area contributed by atoms with Gasteiger partial charge in [0, 0.05) is 12.8 Å². The van der Waals surface area contributed by atoms with Gasteiger partial charge < -0.3 is 15.3 Å². The third-order valence-corrected chi connectivity index (χ3v) is 8.36. The van der Waals surface area contributed by atoms with Crippen molar-refractivity contribution in [1.82, 2.24) is 0 Å². The highest BCUT2D eigenvalue weighted by atomic mass is 32.2. The van der Waals surface area contributed by atoms with E-state index in [0.717, 1.165) is 43.6 Å². The molecule has 0 aromatic rings. The van der Waals surface area contributed by atoms with Gasteiger partial charge in [0.15, 0.2) is 0 Å². The van der Waals surface area contributed by atoms with Crippen molar-refractivity contribution in [3.8, 4) is 11.8 Å². The van der Waals surface area contributed by atoms with Gasteiger partial charge >= 0.3 is 5.97 Å². The Bertz CT molecular complexity index is 467. The highest BCUT2D eigenvalue weighted by molar-refractivity contribution is 8.18. The molecule has 6 heteroatoms. The molecule has 0 aromatic carbocycles. The van der Waals surface area contributed by atoms with Crippen LogP contribution in [0.2, 0.25) is 0 Å². The number of aliphatic carboxylic acids is 1. The molecule has 27 heavy (non-hydrogen) atoms. The maximum Gasteiger partial charge on any atom is 0.304 e. The molecule has 156 valence electrons. The van der Waals surface area contributed by atoms with Gasteiger partial charge in [0.05, 0.1) is 22.7 Å². The molecule has 1 aliphatic rings. The number of rotatable bonds is 13. The summed E-state index contributed by atoms with van der Waals surface area (Å²) in [5.41, 5.74) is 0. The highest BCUT2D eigenvalue weighted by Crippen LogP contribution is 2.49. The number of aliphatic hydroxyl groups is 2. The molecule has 1 fully saturated rings. The monoisotopic (exact) mass is 416 g/mol. The highest BCUT2D eigenvalue weighted by Gasteiger charge is 2.34. The summed E-state index contributed by atoms with van der Waals surface area (Å²) >= 11 is 4.00. The van der Waals surface area contributed by atoms with E-state index in [1.807, 2.05) is 23.5 Å². The van der Waals surface area contributed by atoms with Crippen LogP contribution in [0.15, 0.2) is 0 Å². The zero-order valence-corrected chi connectivity index (χ0v) is 18.3. The van der Waals surface area contributed by atoms with Crippen molar-refractivity contribution in [3.63, 3.8) is 0 Å². The summed E-state index contributed by atoms with van der Waals surface area (Å²) in [7, 11) is 0. The number of carboxylic acids is 1. The Morgan fingerprint density at radius 2 is 1.70 bits per heavy atom. The first-order valence-corrected chi connectivity index (χ1v) is 12.3. The zero-order valence-electron chi connectivity index (χ0n) is 16.6. The molecule has 4 nitrogen and oxygen atoms in total. The molecule has 0 spiro atoms. The van der Waals surface area contributed by atoms with Crippen LogP contribution >= 0.6 is 23.5 Å². The third kappa shape index (κ3) is 11.9. The van der Waals surface area contributed by atoms with Crippen LogP contribution in [0.3, 0.4) is 0 Å². The first-order valence-electron chi connectivity index (χ1n) is 10.3. The third-order valence-electron chi connectivity index (χ3n) is 4.80. The number of hydrogen-bond donors (Lipinski definition) is 3. The SMILES string of the molecule is CCCCCC(O)CCC1(CCC(O)CC#CCCC(=O)O)SCCCS1. The van der Waals surface area contributed by atoms with Crippen molar-refractivity contribution in [1.29, 1.82) is 0 Å². The van der Waals surface area contributed by atoms with Crippen molar-refractivity contribution in [2.24, 2.45) is 0 Å². The van der Waals surface area contributed by atoms with Gasteiger partial charge in [-0.25, -0.2) is 0 Å². The molecule has 0 aromatic heterocycles. The van der Waals surface area contributed by atoms with E-state index >= 15 is 0 Å². The molecule has 0 saturated carbocycles. The van der Waals surface area contributed by atoms with Crippen LogP contribution in [-0.4, -0.2) is 49.1 Å². The van der Waals surface area contributed by atoms with Crippen molar-refractivity contribution in [2.45, 2.75) is 100 Å². The predicted octanol–water partition coefficient (Wildman–Crippen LogP) is 4.67. The summed E-state index contributed by atoms with van der Waals surface area (Å²) in [5, 5.41) is 29.1.